The molecular weight excluding hydrogens is 428 g/mol. The summed E-state index contributed by atoms with van der Waals surface area (Å²) < 4.78 is 28.8. The van der Waals surface area contributed by atoms with Crippen molar-refractivity contribution in [3.05, 3.63) is 95.6 Å². The molecule has 0 saturated carbocycles. The number of rotatable bonds is 7. The first kappa shape index (κ1) is 21.5. The minimum atomic E-state index is -4.19. The van der Waals surface area contributed by atoms with Crippen LogP contribution in [-0.2, 0) is 14.8 Å². The number of nitrogens with zero attached hydrogens (tertiary/aromatic N) is 1. The number of carbonyl (C=O) groups excluding carboxylic acids is 1. The lowest BCUT2D eigenvalue weighted by Gasteiger charge is -2.20. The molecule has 7 nitrogen and oxygen atoms in total. The molecule has 2 N–H and O–H groups in total. The van der Waals surface area contributed by atoms with E-state index in [9.17, 15) is 18.0 Å². The number of carboxylic acid groups (broad SMARTS) is 1. The number of anilines is 1. The molecule has 0 aliphatic carbocycles. The smallest absolute Gasteiger partial charge is 0.335 e. The van der Waals surface area contributed by atoms with Crippen molar-refractivity contribution in [2.24, 2.45) is 4.40 Å². The van der Waals surface area contributed by atoms with E-state index in [1.54, 1.807) is 0 Å². The van der Waals surface area contributed by atoms with Crippen molar-refractivity contribution in [1.82, 2.24) is 0 Å². The van der Waals surface area contributed by atoms with Gasteiger partial charge in [0.05, 0.1) is 11.3 Å². The third kappa shape index (κ3) is 4.45. The molecule has 3 aromatic carbocycles. The molecule has 0 spiro atoms. The van der Waals surface area contributed by atoms with Gasteiger partial charge in [0.1, 0.15) is 4.90 Å². The molecular formula is C24H20N2O5S. The van der Waals surface area contributed by atoms with Gasteiger partial charge in [0.15, 0.2) is 11.6 Å². The Morgan fingerprint density at radius 3 is 2.06 bits per heavy atom. The Balaban J connectivity index is 1.56. The number of carboxylic acids is 1. The Morgan fingerprint density at radius 2 is 1.50 bits per heavy atom. The summed E-state index contributed by atoms with van der Waals surface area (Å²) in [5, 5.41) is 11.9. The first-order valence-corrected chi connectivity index (χ1v) is 11.4. The van der Waals surface area contributed by atoms with Crippen LogP contribution in [0.4, 0.5) is 5.69 Å². The highest BCUT2D eigenvalue weighted by Gasteiger charge is 2.29. The van der Waals surface area contributed by atoms with E-state index in [0.717, 1.165) is 17.2 Å². The zero-order valence-electron chi connectivity index (χ0n) is 16.9. The van der Waals surface area contributed by atoms with Gasteiger partial charge < -0.3 is 10.4 Å². The molecule has 0 bridgehead atoms. The number of carbonyl (C=O) groups is 2. The first-order valence-electron chi connectivity index (χ1n) is 9.97. The van der Waals surface area contributed by atoms with E-state index in [2.05, 4.69) is 9.71 Å². The summed E-state index contributed by atoms with van der Waals surface area (Å²) in [5.41, 5.74) is 2.08. The van der Waals surface area contributed by atoms with Crippen LogP contribution in [0.3, 0.4) is 0 Å². The number of ketones is 1. The number of fused-ring (bicyclic) bond motifs is 1. The van der Waals surface area contributed by atoms with Crippen molar-refractivity contribution in [2.75, 3.05) is 5.32 Å². The summed E-state index contributed by atoms with van der Waals surface area (Å²) >= 11 is 0. The second-order valence-electron chi connectivity index (χ2n) is 7.39. The van der Waals surface area contributed by atoms with Crippen LogP contribution >= 0.6 is 0 Å². The molecule has 0 amide bonds. The molecule has 0 aromatic heterocycles. The number of sulfonamides is 1. The van der Waals surface area contributed by atoms with E-state index in [-0.39, 0.29) is 34.3 Å². The van der Waals surface area contributed by atoms with Gasteiger partial charge in [0.25, 0.3) is 10.0 Å². The largest absolute Gasteiger partial charge is 0.478 e. The molecule has 1 aliphatic heterocycles. The second kappa shape index (κ2) is 8.76. The molecule has 0 saturated heterocycles. The minimum absolute atomic E-state index is 0.0347. The molecule has 0 radical (unpaired) electrons. The van der Waals surface area contributed by atoms with Crippen LogP contribution in [0.2, 0.25) is 0 Å². The molecule has 1 aliphatic rings. The van der Waals surface area contributed by atoms with Crippen molar-refractivity contribution in [2.45, 2.75) is 23.7 Å². The molecule has 0 atom stereocenters. The minimum Gasteiger partial charge on any atom is -0.478 e. The summed E-state index contributed by atoms with van der Waals surface area (Å²) in [6.07, 6.45) is 0.552. The van der Waals surface area contributed by atoms with Gasteiger partial charge in [-0.1, -0.05) is 60.7 Å². The fourth-order valence-electron chi connectivity index (χ4n) is 3.70. The quantitative estimate of drug-likeness (QED) is 0.563. The fourth-order valence-corrected chi connectivity index (χ4v) is 4.86. The predicted molar refractivity (Wildman–Crippen MR) is 121 cm³/mol. The molecule has 162 valence electrons. The summed E-state index contributed by atoms with van der Waals surface area (Å²) in [6.45, 7) is 0. The highest BCUT2D eigenvalue weighted by molar-refractivity contribution is 7.90. The van der Waals surface area contributed by atoms with Crippen molar-refractivity contribution >= 4 is 33.3 Å². The zero-order chi connectivity index (χ0) is 22.7. The Kier molecular flexibility index (Phi) is 5.87. The van der Waals surface area contributed by atoms with Gasteiger partial charge in [0.2, 0.25) is 0 Å². The Bertz CT molecular complexity index is 1260. The molecule has 0 unspecified atom stereocenters. The lowest BCUT2D eigenvalue weighted by atomic mass is 9.87. The number of hydrogen-bond donors (Lipinski definition) is 2. The van der Waals surface area contributed by atoms with Crippen LogP contribution in [0, 0.1) is 0 Å². The number of Topliss-reactive ketones (excluding diaryl/α,β-unsaturated/α-hetero) is 1. The van der Waals surface area contributed by atoms with Crippen LogP contribution in [0.15, 0.2) is 88.2 Å². The summed E-state index contributed by atoms with van der Waals surface area (Å²) in [5.74, 6) is -1.98. The Morgan fingerprint density at radius 1 is 0.906 bits per heavy atom. The lowest BCUT2D eigenvalue weighted by molar-refractivity contribution is -0.113. The monoisotopic (exact) mass is 448 g/mol. The molecule has 8 heteroatoms. The Labute approximate surface area is 185 Å². The molecule has 32 heavy (non-hydrogen) atoms. The van der Waals surface area contributed by atoms with Gasteiger partial charge in [-0.2, -0.15) is 8.42 Å². The second-order valence-corrected chi connectivity index (χ2v) is 8.96. The van der Waals surface area contributed by atoms with E-state index < -0.39 is 21.8 Å². The van der Waals surface area contributed by atoms with Crippen LogP contribution < -0.4 is 5.32 Å². The van der Waals surface area contributed by atoms with E-state index in [4.69, 9.17) is 5.11 Å². The van der Waals surface area contributed by atoms with Crippen LogP contribution in [0.1, 0.15) is 40.2 Å². The van der Waals surface area contributed by atoms with Gasteiger partial charge in [-0.3, -0.25) is 4.79 Å². The third-order valence-electron chi connectivity index (χ3n) is 5.30. The van der Waals surface area contributed by atoms with Crippen molar-refractivity contribution in [1.29, 1.82) is 0 Å². The van der Waals surface area contributed by atoms with E-state index >= 15 is 0 Å². The maximum absolute atomic E-state index is 12.9. The number of hydrogen-bond acceptors (Lipinski definition) is 5. The SMILES string of the molecule is O=C(CCC(c1ccccc1)c1ccccc1)C1=NS(=O)(=O)c2cc(C(=O)O)ccc2N1. The molecule has 0 fully saturated rings. The van der Waals surface area contributed by atoms with Crippen LogP contribution in [0.25, 0.3) is 0 Å². The average Bonchev–Trinajstić information content (AvgIpc) is 2.79. The maximum atomic E-state index is 12.9. The highest BCUT2D eigenvalue weighted by atomic mass is 32.2. The topological polar surface area (TPSA) is 113 Å². The standard InChI is InChI=1S/C24H20N2O5S/c27-21(14-12-19(16-7-3-1-4-8-16)17-9-5-2-6-10-17)23-25-20-13-11-18(24(28)29)15-22(20)32(30,31)26-23/h1-11,13,15,19H,12,14H2,(H,25,26)(H,28,29). The number of aromatic carboxylic acids is 1. The fraction of sp³-hybridized carbons (Fsp3) is 0.125. The highest BCUT2D eigenvalue weighted by Crippen LogP contribution is 2.31. The predicted octanol–water partition coefficient (Wildman–Crippen LogP) is 4.08. The van der Waals surface area contributed by atoms with Gasteiger partial charge in [-0.15, -0.1) is 4.40 Å². The van der Waals surface area contributed by atoms with Crippen molar-refractivity contribution < 1.29 is 23.1 Å². The van der Waals surface area contributed by atoms with Crippen LogP contribution in [-0.4, -0.2) is 31.1 Å². The van der Waals surface area contributed by atoms with E-state index in [1.807, 2.05) is 60.7 Å². The van der Waals surface area contributed by atoms with E-state index in [0.29, 0.717) is 6.42 Å². The lowest BCUT2D eigenvalue weighted by Crippen LogP contribution is -2.29. The number of amidine groups is 1. The number of benzene rings is 3. The summed E-state index contributed by atoms with van der Waals surface area (Å²) in [6, 6.07) is 23.2. The van der Waals surface area contributed by atoms with Crippen molar-refractivity contribution in [3.63, 3.8) is 0 Å². The third-order valence-corrected chi connectivity index (χ3v) is 6.62. The maximum Gasteiger partial charge on any atom is 0.335 e. The van der Waals surface area contributed by atoms with Crippen LogP contribution in [0.5, 0.6) is 0 Å². The van der Waals surface area contributed by atoms with Gasteiger partial charge in [0, 0.05) is 12.3 Å². The summed E-state index contributed by atoms with van der Waals surface area (Å²) in [7, 11) is -4.19. The van der Waals surface area contributed by atoms with Gasteiger partial charge >= 0.3 is 5.97 Å². The molecule has 4 rings (SSSR count). The molecule has 1 heterocycles. The van der Waals surface area contributed by atoms with Crippen molar-refractivity contribution in [3.8, 4) is 0 Å². The van der Waals surface area contributed by atoms with Gasteiger partial charge in [-0.25, -0.2) is 4.79 Å². The number of nitrogens with one attached hydrogen (secondary N) is 1. The van der Waals surface area contributed by atoms with Gasteiger partial charge in [-0.05, 0) is 35.7 Å². The normalized spacial score (nSPS) is 14.2. The first-order chi connectivity index (χ1) is 15.3. The summed E-state index contributed by atoms with van der Waals surface area (Å²) in [4.78, 5) is 23.8. The zero-order valence-corrected chi connectivity index (χ0v) is 17.7. The average molecular weight is 449 g/mol. The van der Waals surface area contributed by atoms with E-state index in [1.165, 1.54) is 12.1 Å². The molecule has 3 aromatic rings. The Hall–Kier alpha value is -3.78.